The van der Waals surface area contributed by atoms with E-state index in [9.17, 15) is 4.79 Å². The summed E-state index contributed by atoms with van der Waals surface area (Å²) >= 11 is 3.52. The van der Waals surface area contributed by atoms with Crippen LogP contribution in [0.1, 0.15) is 15.9 Å². The molecule has 0 aromatic heterocycles. The molecule has 2 aromatic carbocycles. The van der Waals surface area contributed by atoms with E-state index in [2.05, 4.69) is 15.9 Å². The first-order valence-electron chi connectivity index (χ1n) is 6.75. The van der Waals surface area contributed by atoms with Crippen molar-refractivity contribution in [3.05, 3.63) is 64.1 Å². The standard InChI is InChI=1S/C17H19BrN2O/c1-19(2)15-9-6-8-13(11-15)17(21)20(3)12-14-7-4-5-10-16(14)18/h4-11H,12H2,1-3H3. The first kappa shape index (κ1) is 15.6. The van der Waals surface area contributed by atoms with E-state index in [-0.39, 0.29) is 5.91 Å². The van der Waals surface area contributed by atoms with E-state index in [4.69, 9.17) is 0 Å². The Balaban J connectivity index is 2.16. The molecule has 0 atom stereocenters. The van der Waals surface area contributed by atoms with Crippen LogP contribution in [0.15, 0.2) is 53.0 Å². The first-order valence-corrected chi connectivity index (χ1v) is 7.54. The Bertz CT molecular complexity index is 640. The van der Waals surface area contributed by atoms with Gasteiger partial charge in [0.2, 0.25) is 0 Å². The normalized spacial score (nSPS) is 10.3. The molecule has 1 amide bonds. The van der Waals surface area contributed by atoms with Gasteiger partial charge >= 0.3 is 0 Å². The van der Waals surface area contributed by atoms with Crippen LogP contribution >= 0.6 is 15.9 Å². The molecule has 0 fully saturated rings. The summed E-state index contributed by atoms with van der Waals surface area (Å²) in [6, 6.07) is 15.6. The maximum Gasteiger partial charge on any atom is 0.253 e. The molecule has 21 heavy (non-hydrogen) atoms. The zero-order valence-corrected chi connectivity index (χ0v) is 14.1. The maximum absolute atomic E-state index is 12.5. The summed E-state index contributed by atoms with van der Waals surface area (Å²) in [6.45, 7) is 0.576. The number of benzene rings is 2. The van der Waals surface area contributed by atoms with Crippen molar-refractivity contribution in [2.75, 3.05) is 26.0 Å². The fraction of sp³-hybridized carbons (Fsp3) is 0.235. The van der Waals surface area contributed by atoms with Gasteiger partial charge < -0.3 is 9.80 Å². The number of amides is 1. The van der Waals surface area contributed by atoms with Crippen molar-refractivity contribution in [2.24, 2.45) is 0 Å². The number of hydrogen-bond acceptors (Lipinski definition) is 2. The van der Waals surface area contributed by atoms with Crippen LogP contribution in [-0.2, 0) is 6.54 Å². The Morgan fingerprint density at radius 2 is 1.76 bits per heavy atom. The summed E-state index contributed by atoms with van der Waals surface area (Å²) in [7, 11) is 5.76. The fourth-order valence-electron chi connectivity index (χ4n) is 2.09. The lowest BCUT2D eigenvalue weighted by molar-refractivity contribution is 0.0785. The summed E-state index contributed by atoms with van der Waals surface area (Å²) in [5.41, 5.74) is 2.82. The SMILES string of the molecule is CN(Cc1ccccc1Br)C(=O)c1cccc(N(C)C)c1. The van der Waals surface area contributed by atoms with Crippen molar-refractivity contribution in [1.82, 2.24) is 4.90 Å². The Kier molecular flexibility index (Phi) is 5.02. The van der Waals surface area contributed by atoms with Crippen LogP contribution in [0.25, 0.3) is 0 Å². The number of rotatable bonds is 4. The van der Waals surface area contributed by atoms with Crippen LogP contribution in [0.3, 0.4) is 0 Å². The van der Waals surface area contributed by atoms with Gasteiger partial charge in [-0.2, -0.15) is 0 Å². The van der Waals surface area contributed by atoms with Gasteiger partial charge in [-0.25, -0.2) is 0 Å². The number of hydrogen-bond donors (Lipinski definition) is 0. The van der Waals surface area contributed by atoms with Gasteiger partial charge in [-0.3, -0.25) is 4.79 Å². The third-order valence-corrected chi connectivity index (χ3v) is 4.10. The Hall–Kier alpha value is -1.81. The molecule has 0 N–H and O–H groups in total. The van der Waals surface area contributed by atoms with E-state index >= 15 is 0 Å². The average Bonchev–Trinajstić information content (AvgIpc) is 2.49. The molecular weight excluding hydrogens is 328 g/mol. The first-order chi connectivity index (χ1) is 9.99. The van der Waals surface area contributed by atoms with E-state index in [1.807, 2.05) is 74.6 Å². The highest BCUT2D eigenvalue weighted by atomic mass is 79.9. The van der Waals surface area contributed by atoms with Gasteiger partial charge in [0.1, 0.15) is 0 Å². The lowest BCUT2D eigenvalue weighted by Gasteiger charge is -2.19. The van der Waals surface area contributed by atoms with E-state index < -0.39 is 0 Å². The molecule has 4 heteroatoms. The number of anilines is 1. The van der Waals surface area contributed by atoms with Gasteiger partial charge in [0, 0.05) is 43.4 Å². The largest absolute Gasteiger partial charge is 0.378 e. The van der Waals surface area contributed by atoms with Crippen LogP contribution < -0.4 is 4.90 Å². The van der Waals surface area contributed by atoms with Crippen molar-refractivity contribution in [1.29, 1.82) is 0 Å². The molecule has 0 radical (unpaired) electrons. The van der Waals surface area contributed by atoms with Crippen molar-refractivity contribution in [3.63, 3.8) is 0 Å². The second-order valence-corrected chi connectivity index (χ2v) is 6.05. The van der Waals surface area contributed by atoms with E-state index in [0.29, 0.717) is 12.1 Å². The molecule has 0 bridgehead atoms. The van der Waals surface area contributed by atoms with E-state index in [0.717, 1.165) is 15.7 Å². The van der Waals surface area contributed by atoms with Crippen LogP contribution in [0.5, 0.6) is 0 Å². The second kappa shape index (κ2) is 6.76. The molecule has 0 heterocycles. The molecule has 0 unspecified atom stereocenters. The van der Waals surface area contributed by atoms with Crippen molar-refractivity contribution in [2.45, 2.75) is 6.54 Å². The zero-order chi connectivity index (χ0) is 15.4. The zero-order valence-electron chi connectivity index (χ0n) is 12.5. The lowest BCUT2D eigenvalue weighted by Crippen LogP contribution is -2.26. The van der Waals surface area contributed by atoms with Gasteiger partial charge in [-0.1, -0.05) is 40.2 Å². The maximum atomic E-state index is 12.5. The monoisotopic (exact) mass is 346 g/mol. The van der Waals surface area contributed by atoms with Gasteiger partial charge in [0.25, 0.3) is 5.91 Å². The van der Waals surface area contributed by atoms with E-state index in [1.54, 1.807) is 4.90 Å². The van der Waals surface area contributed by atoms with Crippen LogP contribution in [-0.4, -0.2) is 32.0 Å². The third-order valence-electron chi connectivity index (χ3n) is 3.32. The summed E-state index contributed by atoms with van der Waals surface area (Å²) in [4.78, 5) is 16.2. The summed E-state index contributed by atoms with van der Waals surface area (Å²) in [5, 5.41) is 0. The highest BCUT2D eigenvalue weighted by molar-refractivity contribution is 9.10. The molecule has 0 aliphatic heterocycles. The van der Waals surface area contributed by atoms with Crippen molar-refractivity contribution in [3.8, 4) is 0 Å². The van der Waals surface area contributed by atoms with E-state index in [1.165, 1.54) is 0 Å². The predicted octanol–water partition coefficient (Wildman–Crippen LogP) is 3.79. The number of carbonyl (C=O) groups is 1. The Morgan fingerprint density at radius 1 is 1.05 bits per heavy atom. The molecule has 0 saturated heterocycles. The molecule has 2 rings (SSSR count). The molecule has 2 aromatic rings. The quantitative estimate of drug-likeness (QED) is 0.840. The smallest absolute Gasteiger partial charge is 0.253 e. The summed E-state index contributed by atoms with van der Waals surface area (Å²) < 4.78 is 1.02. The fourth-order valence-corrected chi connectivity index (χ4v) is 2.50. The minimum atomic E-state index is 0.0226. The topological polar surface area (TPSA) is 23.6 Å². The Labute approximate surface area is 134 Å². The third kappa shape index (κ3) is 3.85. The molecule has 0 saturated carbocycles. The second-order valence-electron chi connectivity index (χ2n) is 5.20. The molecule has 0 aliphatic rings. The predicted molar refractivity (Wildman–Crippen MR) is 90.7 cm³/mol. The van der Waals surface area contributed by atoms with Gasteiger partial charge in [0.15, 0.2) is 0 Å². The van der Waals surface area contributed by atoms with Crippen LogP contribution in [0.2, 0.25) is 0 Å². The van der Waals surface area contributed by atoms with Crippen molar-refractivity contribution < 1.29 is 4.79 Å². The summed E-state index contributed by atoms with van der Waals surface area (Å²) in [5.74, 6) is 0.0226. The number of carbonyl (C=O) groups excluding carboxylic acids is 1. The minimum absolute atomic E-state index is 0.0226. The highest BCUT2D eigenvalue weighted by Gasteiger charge is 2.13. The van der Waals surface area contributed by atoms with Crippen LogP contribution in [0, 0.1) is 0 Å². The molecular formula is C17H19BrN2O. The number of nitrogens with zero attached hydrogens (tertiary/aromatic N) is 2. The summed E-state index contributed by atoms with van der Waals surface area (Å²) in [6.07, 6.45) is 0. The molecule has 110 valence electrons. The van der Waals surface area contributed by atoms with Crippen LogP contribution in [0.4, 0.5) is 5.69 Å². The van der Waals surface area contributed by atoms with Gasteiger partial charge in [-0.15, -0.1) is 0 Å². The average molecular weight is 347 g/mol. The molecule has 0 spiro atoms. The number of halogens is 1. The minimum Gasteiger partial charge on any atom is -0.378 e. The molecule has 3 nitrogen and oxygen atoms in total. The Morgan fingerprint density at radius 3 is 2.43 bits per heavy atom. The lowest BCUT2D eigenvalue weighted by atomic mass is 10.1. The van der Waals surface area contributed by atoms with Gasteiger partial charge in [-0.05, 0) is 29.8 Å². The van der Waals surface area contributed by atoms with Crippen molar-refractivity contribution >= 4 is 27.5 Å². The molecule has 0 aliphatic carbocycles. The highest BCUT2D eigenvalue weighted by Crippen LogP contribution is 2.19. The van der Waals surface area contributed by atoms with Gasteiger partial charge in [0.05, 0.1) is 0 Å².